The third-order valence-electron chi connectivity index (χ3n) is 5.80. The second-order valence-electron chi connectivity index (χ2n) is 8.84. The second-order valence-corrected chi connectivity index (χ2v) is 8.84. The lowest BCUT2D eigenvalue weighted by Gasteiger charge is -2.29. The molecule has 0 atom stereocenters. The van der Waals surface area contributed by atoms with Gasteiger partial charge in [0.15, 0.2) is 0 Å². The van der Waals surface area contributed by atoms with Crippen molar-refractivity contribution in [1.82, 2.24) is 4.48 Å². The Balaban J connectivity index is 0.00000676. The maximum absolute atomic E-state index is 2.34. The molecule has 1 aromatic rings. The zero-order valence-corrected chi connectivity index (χ0v) is 19.5. The summed E-state index contributed by atoms with van der Waals surface area (Å²) in [6.45, 7) is 5.71. The topological polar surface area (TPSA) is 0 Å². The van der Waals surface area contributed by atoms with Crippen LogP contribution in [0, 0.1) is 6.92 Å². The van der Waals surface area contributed by atoms with Crippen molar-refractivity contribution in [2.24, 2.45) is 0 Å². The van der Waals surface area contributed by atoms with Gasteiger partial charge in [-0.25, -0.2) is 0 Å². The highest BCUT2D eigenvalue weighted by molar-refractivity contribution is 5.43. The molecule has 0 amide bonds. The molecule has 0 N–H and O–H groups in total. The van der Waals surface area contributed by atoms with Gasteiger partial charge in [0.1, 0.15) is 5.69 Å². The van der Waals surface area contributed by atoms with Crippen molar-refractivity contribution in [2.45, 2.75) is 104 Å². The molecular weight excluding hydrogens is 350 g/mol. The quantitative estimate of drug-likeness (QED) is 0.271. The first-order valence-corrected chi connectivity index (χ1v) is 11.5. The molecule has 0 heterocycles. The molecule has 0 radical (unpaired) electrons. The lowest BCUT2D eigenvalue weighted by atomic mass is 10.0. The van der Waals surface area contributed by atoms with Crippen LogP contribution in [0.5, 0.6) is 0 Å². The number of rotatable bonds is 16. The molecule has 0 aliphatic heterocycles. The highest BCUT2D eigenvalue weighted by Crippen LogP contribution is 2.21. The number of hydrogen-bond acceptors (Lipinski definition) is 0. The summed E-state index contributed by atoms with van der Waals surface area (Å²) >= 11 is 0. The van der Waals surface area contributed by atoms with Gasteiger partial charge in [0, 0.05) is 0 Å². The average molecular weight is 396 g/mol. The van der Waals surface area contributed by atoms with E-state index in [9.17, 15) is 0 Å². The Bertz CT molecular complexity index is 438. The van der Waals surface area contributed by atoms with Gasteiger partial charge in [-0.15, -0.1) is 0 Å². The normalized spacial score (nSPS) is 11.4. The van der Waals surface area contributed by atoms with Crippen LogP contribution < -0.4 is 16.9 Å². The van der Waals surface area contributed by atoms with Gasteiger partial charge in [-0.1, -0.05) is 102 Å². The molecule has 1 rings (SSSR count). The zero-order chi connectivity index (χ0) is 19.1. The van der Waals surface area contributed by atoms with Gasteiger partial charge >= 0.3 is 0 Å². The van der Waals surface area contributed by atoms with Crippen molar-refractivity contribution in [3.63, 3.8) is 0 Å². The second kappa shape index (κ2) is 16.4. The molecule has 0 aliphatic rings. The van der Waals surface area contributed by atoms with Crippen molar-refractivity contribution in [3.05, 3.63) is 29.8 Å². The molecule has 1 aromatic carbocycles. The minimum absolute atomic E-state index is 0. The van der Waals surface area contributed by atoms with Crippen LogP contribution in [0.4, 0.5) is 5.69 Å². The van der Waals surface area contributed by atoms with Crippen molar-refractivity contribution in [1.29, 1.82) is 0 Å². The molecule has 1 nitrogen and oxygen atoms in total. The first kappa shape index (κ1) is 26.5. The molecule has 0 aliphatic carbocycles. The predicted octanol–water partition coefficient (Wildman–Crippen LogP) is 5.05. The number of hydrogen-bond donors (Lipinski definition) is 0. The predicted molar refractivity (Wildman–Crippen MR) is 120 cm³/mol. The van der Waals surface area contributed by atoms with E-state index < -0.39 is 0 Å². The first-order chi connectivity index (χ1) is 12.6. The molecule has 0 fully saturated rings. The number of unbranched alkanes of at least 4 members (excludes halogenated alkanes) is 13. The SMILES string of the molecule is CCCCCCCCCCCCCCCC[N+](C)(C)c1ccc(C)cc1.[Cl-]. The Hall–Kier alpha value is -0.530. The highest BCUT2D eigenvalue weighted by Gasteiger charge is 2.17. The van der Waals surface area contributed by atoms with Crippen LogP contribution in [-0.4, -0.2) is 20.6 Å². The Morgan fingerprint density at radius 3 is 1.37 bits per heavy atom. The van der Waals surface area contributed by atoms with E-state index in [2.05, 4.69) is 52.2 Å². The van der Waals surface area contributed by atoms with Gasteiger partial charge in [0.25, 0.3) is 0 Å². The van der Waals surface area contributed by atoms with Gasteiger partial charge in [0.05, 0.1) is 20.6 Å². The summed E-state index contributed by atoms with van der Waals surface area (Å²) in [5.74, 6) is 0. The third kappa shape index (κ3) is 13.3. The van der Waals surface area contributed by atoms with E-state index >= 15 is 0 Å². The van der Waals surface area contributed by atoms with Crippen LogP contribution in [0.15, 0.2) is 24.3 Å². The molecule has 2 heteroatoms. The lowest BCUT2D eigenvalue weighted by molar-refractivity contribution is -0.00000590. The van der Waals surface area contributed by atoms with Crippen molar-refractivity contribution >= 4 is 5.69 Å². The number of nitrogens with zero attached hydrogens (tertiary/aromatic N) is 1. The first-order valence-electron chi connectivity index (χ1n) is 11.5. The van der Waals surface area contributed by atoms with Gasteiger partial charge in [-0.05, 0) is 31.9 Å². The summed E-state index contributed by atoms with van der Waals surface area (Å²) in [4.78, 5) is 0. The molecule has 0 aromatic heterocycles. The van der Waals surface area contributed by atoms with Gasteiger partial charge < -0.3 is 12.4 Å². The molecule has 0 saturated heterocycles. The monoisotopic (exact) mass is 395 g/mol. The van der Waals surface area contributed by atoms with E-state index in [0.29, 0.717) is 0 Å². The minimum Gasteiger partial charge on any atom is -1.00 e. The third-order valence-corrected chi connectivity index (χ3v) is 5.80. The molecule has 0 unspecified atom stereocenters. The average Bonchev–Trinajstić information content (AvgIpc) is 2.62. The Morgan fingerprint density at radius 1 is 0.593 bits per heavy atom. The maximum Gasteiger partial charge on any atom is 0.132 e. The summed E-state index contributed by atoms with van der Waals surface area (Å²) in [6.07, 6.45) is 20.1. The standard InChI is InChI=1S/C25H46N.ClH/c1-5-6-7-8-9-10-11-12-13-14-15-16-17-18-23-26(3,4)25-21-19-24(2)20-22-25;/h19-22H,5-18,23H2,1-4H3;1H/q+1;/p-1. The smallest absolute Gasteiger partial charge is 0.132 e. The molecular formula is C25H46ClN. The molecule has 0 saturated carbocycles. The van der Waals surface area contributed by atoms with E-state index in [-0.39, 0.29) is 12.4 Å². The van der Waals surface area contributed by atoms with Crippen LogP contribution in [0.3, 0.4) is 0 Å². The molecule has 27 heavy (non-hydrogen) atoms. The number of benzene rings is 1. The van der Waals surface area contributed by atoms with E-state index in [1.54, 1.807) is 0 Å². The molecule has 0 bridgehead atoms. The number of quaternary nitrogens is 1. The number of aryl methyl sites for hydroxylation is 1. The summed E-state index contributed by atoms with van der Waals surface area (Å²) in [6, 6.07) is 9.05. The van der Waals surface area contributed by atoms with Crippen molar-refractivity contribution < 1.29 is 12.4 Å². The van der Waals surface area contributed by atoms with Crippen LogP contribution in [0.25, 0.3) is 0 Å². The fraction of sp³-hybridized carbons (Fsp3) is 0.760. The summed E-state index contributed by atoms with van der Waals surface area (Å²) in [7, 11) is 4.68. The van der Waals surface area contributed by atoms with E-state index in [4.69, 9.17) is 0 Å². The van der Waals surface area contributed by atoms with Gasteiger partial charge in [-0.3, -0.25) is 4.48 Å². The molecule has 158 valence electrons. The highest BCUT2D eigenvalue weighted by atomic mass is 35.5. The Labute approximate surface area is 176 Å². The largest absolute Gasteiger partial charge is 1.00 e. The van der Waals surface area contributed by atoms with Crippen molar-refractivity contribution in [2.75, 3.05) is 20.6 Å². The fourth-order valence-electron chi connectivity index (χ4n) is 3.78. The zero-order valence-electron chi connectivity index (χ0n) is 18.7. The molecule has 0 spiro atoms. The summed E-state index contributed by atoms with van der Waals surface area (Å²) < 4.78 is 1.01. The minimum atomic E-state index is 0. The van der Waals surface area contributed by atoms with Crippen molar-refractivity contribution in [3.8, 4) is 0 Å². The fourth-order valence-corrected chi connectivity index (χ4v) is 3.78. The Morgan fingerprint density at radius 2 is 0.963 bits per heavy atom. The van der Waals surface area contributed by atoms with Crippen LogP contribution >= 0.6 is 0 Å². The summed E-state index contributed by atoms with van der Waals surface area (Å²) in [5, 5.41) is 0. The van der Waals surface area contributed by atoms with Crippen LogP contribution in [0.1, 0.15) is 102 Å². The van der Waals surface area contributed by atoms with Crippen LogP contribution in [-0.2, 0) is 0 Å². The van der Waals surface area contributed by atoms with E-state index in [1.165, 1.54) is 108 Å². The van der Waals surface area contributed by atoms with E-state index in [1.807, 2.05) is 0 Å². The van der Waals surface area contributed by atoms with E-state index in [0.717, 1.165) is 4.48 Å². The lowest BCUT2D eigenvalue weighted by Crippen LogP contribution is -3.00. The van der Waals surface area contributed by atoms with Gasteiger partial charge in [-0.2, -0.15) is 0 Å². The summed E-state index contributed by atoms with van der Waals surface area (Å²) in [5.41, 5.74) is 2.79. The van der Waals surface area contributed by atoms with Gasteiger partial charge in [0.2, 0.25) is 0 Å². The maximum atomic E-state index is 2.34. The number of halogens is 1. The van der Waals surface area contributed by atoms with Crippen LogP contribution in [0.2, 0.25) is 0 Å². The Kier molecular flexibility index (Phi) is 16.1.